The second-order valence-corrected chi connectivity index (χ2v) is 13.1. The van der Waals surface area contributed by atoms with E-state index in [1.807, 2.05) is 111 Å². The first-order valence-electron chi connectivity index (χ1n) is 17.1. The quantitative estimate of drug-likeness (QED) is 0.142. The van der Waals surface area contributed by atoms with Crippen LogP contribution in [-0.2, 0) is 20.6 Å². The Labute approximate surface area is 299 Å². The Morgan fingerprint density at radius 1 is 0.451 bits per heavy atom. The van der Waals surface area contributed by atoms with Crippen molar-refractivity contribution < 1.29 is 19.7 Å². The lowest BCUT2D eigenvalue weighted by molar-refractivity contribution is -0.154. The summed E-state index contributed by atoms with van der Waals surface area (Å²) >= 11 is 0. The van der Waals surface area contributed by atoms with Gasteiger partial charge in [-0.2, -0.15) is 0 Å². The molecule has 2 N–H and O–H groups in total. The molecule has 6 aromatic carbocycles. The highest BCUT2D eigenvalue weighted by atomic mass is 16.8. The average molecular weight is 673 g/mol. The number of rotatable bonds is 10. The molecule has 1 unspecified atom stereocenters. The SMILES string of the molecule is CC1(C)OC(C(N=Cc2ccccc2O)(c2ccccc2)c2ccccc2)[C@H](C(N=Cc2ccccc2O)(c2ccccc2)c2ccccc2)O1. The summed E-state index contributed by atoms with van der Waals surface area (Å²) in [5.74, 6) is -0.841. The Balaban J connectivity index is 1.57. The van der Waals surface area contributed by atoms with Gasteiger partial charge in [-0.1, -0.05) is 146 Å². The fourth-order valence-corrected chi connectivity index (χ4v) is 7.11. The number of hydrogen-bond donors (Lipinski definition) is 2. The zero-order valence-corrected chi connectivity index (χ0v) is 28.6. The van der Waals surface area contributed by atoms with Gasteiger partial charge in [0, 0.05) is 23.6 Å². The summed E-state index contributed by atoms with van der Waals surface area (Å²) in [5.41, 5.74) is 2.22. The van der Waals surface area contributed by atoms with Crippen LogP contribution in [0.1, 0.15) is 47.2 Å². The Bertz CT molecular complexity index is 1880. The van der Waals surface area contributed by atoms with Crippen LogP contribution in [0.25, 0.3) is 0 Å². The van der Waals surface area contributed by atoms with Crippen LogP contribution in [0.2, 0.25) is 0 Å². The molecule has 6 heteroatoms. The molecule has 254 valence electrons. The minimum Gasteiger partial charge on any atom is -0.507 e. The Kier molecular flexibility index (Phi) is 9.37. The van der Waals surface area contributed by atoms with Gasteiger partial charge in [0.1, 0.15) is 34.8 Å². The minimum atomic E-state index is -1.21. The van der Waals surface area contributed by atoms with Gasteiger partial charge in [-0.3, -0.25) is 9.98 Å². The van der Waals surface area contributed by atoms with Crippen molar-refractivity contribution in [1.29, 1.82) is 0 Å². The summed E-state index contributed by atoms with van der Waals surface area (Å²) in [6.07, 6.45) is 1.86. The molecule has 0 saturated carbocycles. The molecule has 51 heavy (non-hydrogen) atoms. The Morgan fingerprint density at radius 2 is 0.725 bits per heavy atom. The monoisotopic (exact) mass is 672 g/mol. The van der Waals surface area contributed by atoms with Crippen LogP contribution in [0, 0.1) is 0 Å². The van der Waals surface area contributed by atoms with Crippen molar-refractivity contribution in [3.8, 4) is 11.5 Å². The largest absolute Gasteiger partial charge is 0.507 e. The number of nitrogens with zero attached hydrogens (tertiary/aromatic N) is 2. The third kappa shape index (κ3) is 6.47. The number of ether oxygens (including phenoxy) is 2. The first-order chi connectivity index (χ1) is 24.8. The Morgan fingerprint density at radius 3 is 1.02 bits per heavy atom. The third-order valence-corrected chi connectivity index (χ3v) is 9.46. The van der Waals surface area contributed by atoms with Gasteiger partial charge in [0.15, 0.2) is 5.79 Å². The smallest absolute Gasteiger partial charge is 0.164 e. The zero-order valence-electron chi connectivity index (χ0n) is 28.6. The van der Waals surface area contributed by atoms with Crippen LogP contribution in [0.15, 0.2) is 180 Å². The highest BCUT2D eigenvalue weighted by molar-refractivity contribution is 5.85. The summed E-state index contributed by atoms with van der Waals surface area (Å²) in [7, 11) is 0. The lowest BCUT2D eigenvalue weighted by atomic mass is 9.69. The summed E-state index contributed by atoms with van der Waals surface area (Å²) in [6, 6.07) is 54.6. The van der Waals surface area contributed by atoms with E-state index in [0.29, 0.717) is 11.1 Å². The maximum atomic E-state index is 10.9. The van der Waals surface area contributed by atoms with E-state index in [0.717, 1.165) is 22.3 Å². The Hall–Kier alpha value is -5.82. The predicted molar refractivity (Wildman–Crippen MR) is 203 cm³/mol. The van der Waals surface area contributed by atoms with Crippen molar-refractivity contribution in [3.05, 3.63) is 203 Å². The van der Waals surface area contributed by atoms with E-state index < -0.39 is 29.1 Å². The van der Waals surface area contributed by atoms with Crippen molar-refractivity contribution in [2.45, 2.75) is 42.9 Å². The molecule has 6 aromatic rings. The van der Waals surface area contributed by atoms with Crippen molar-refractivity contribution in [2.24, 2.45) is 9.98 Å². The second kappa shape index (κ2) is 14.2. The fourth-order valence-electron chi connectivity index (χ4n) is 7.11. The molecular formula is C45H40N2O4. The molecule has 1 saturated heterocycles. The molecule has 0 amide bonds. The molecule has 0 bridgehead atoms. The van der Waals surface area contributed by atoms with E-state index in [9.17, 15) is 10.2 Å². The number of aliphatic imine (C=N–C) groups is 2. The normalized spacial score (nSPS) is 17.6. The van der Waals surface area contributed by atoms with Gasteiger partial charge in [-0.05, 0) is 60.4 Å². The standard InChI is InChI=1S/C45H40N2O4/c1-43(2)50-41(44(35-21-7-3-8-22-35,36-23-9-4-10-24-36)46-31-33-19-15-17-29-39(33)48)42(51-43)45(37-25-11-5-12-26-37,38-27-13-6-14-28-38)47-32-34-20-16-18-30-40(34)49/h3-32,41-42,48-49H,1-2H3/t41-,42?/m1/s1. The third-order valence-electron chi connectivity index (χ3n) is 9.46. The fraction of sp³-hybridized carbons (Fsp3) is 0.156. The molecule has 7 rings (SSSR count). The van der Waals surface area contributed by atoms with Crippen LogP contribution in [0.3, 0.4) is 0 Å². The first-order valence-corrected chi connectivity index (χ1v) is 17.1. The lowest BCUT2D eigenvalue weighted by Crippen LogP contribution is -2.53. The van der Waals surface area contributed by atoms with E-state index in [-0.39, 0.29) is 11.5 Å². The molecule has 1 heterocycles. The number of hydrogen-bond acceptors (Lipinski definition) is 6. The summed E-state index contributed by atoms with van der Waals surface area (Å²) in [5, 5.41) is 21.8. The van der Waals surface area contributed by atoms with Gasteiger partial charge >= 0.3 is 0 Å². The van der Waals surface area contributed by atoms with Crippen LogP contribution in [0.5, 0.6) is 11.5 Å². The summed E-state index contributed by atoms with van der Waals surface area (Å²) < 4.78 is 14.3. The molecule has 1 fully saturated rings. The van der Waals surface area contributed by atoms with Crippen LogP contribution < -0.4 is 0 Å². The molecule has 0 aliphatic carbocycles. The molecule has 6 nitrogen and oxygen atoms in total. The number of phenolic OH excluding ortho intramolecular Hbond substituents is 2. The molecule has 0 spiro atoms. The van der Waals surface area contributed by atoms with Crippen molar-refractivity contribution >= 4 is 12.4 Å². The van der Waals surface area contributed by atoms with Crippen LogP contribution in [-0.4, -0.2) is 40.6 Å². The number of para-hydroxylation sites is 2. The topological polar surface area (TPSA) is 83.6 Å². The molecule has 0 aromatic heterocycles. The van der Waals surface area contributed by atoms with E-state index in [1.165, 1.54) is 0 Å². The van der Waals surface area contributed by atoms with Gasteiger partial charge in [-0.25, -0.2) is 0 Å². The zero-order chi connectivity index (χ0) is 35.3. The molecule has 2 atom stereocenters. The summed E-state index contributed by atoms with van der Waals surface area (Å²) in [6.45, 7) is 3.84. The van der Waals surface area contributed by atoms with Gasteiger partial charge in [-0.15, -0.1) is 0 Å². The van der Waals surface area contributed by atoms with Gasteiger partial charge in [0.05, 0.1) is 0 Å². The number of phenols is 2. The van der Waals surface area contributed by atoms with Gasteiger partial charge < -0.3 is 19.7 Å². The highest BCUT2D eigenvalue weighted by Crippen LogP contribution is 2.53. The van der Waals surface area contributed by atoms with Gasteiger partial charge in [0.25, 0.3) is 0 Å². The highest BCUT2D eigenvalue weighted by Gasteiger charge is 2.62. The van der Waals surface area contributed by atoms with E-state index in [4.69, 9.17) is 19.5 Å². The first kappa shape index (κ1) is 33.7. The number of benzene rings is 6. The molecule has 0 radical (unpaired) electrons. The van der Waals surface area contributed by atoms with Crippen LogP contribution >= 0.6 is 0 Å². The average Bonchev–Trinajstić information content (AvgIpc) is 3.50. The van der Waals surface area contributed by atoms with Crippen molar-refractivity contribution in [2.75, 3.05) is 0 Å². The predicted octanol–water partition coefficient (Wildman–Crippen LogP) is 9.04. The maximum absolute atomic E-state index is 10.9. The summed E-state index contributed by atoms with van der Waals surface area (Å²) in [4.78, 5) is 11.0. The minimum absolute atomic E-state index is 0.118. The van der Waals surface area contributed by atoms with Crippen molar-refractivity contribution in [1.82, 2.24) is 0 Å². The second-order valence-electron chi connectivity index (χ2n) is 13.1. The van der Waals surface area contributed by atoms with E-state index in [1.54, 1.807) is 36.7 Å². The van der Waals surface area contributed by atoms with Crippen molar-refractivity contribution in [3.63, 3.8) is 0 Å². The van der Waals surface area contributed by atoms with Gasteiger partial charge in [0.2, 0.25) is 0 Å². The van der Waals surface area contributed by atoms with Crippen LogP contribution in [0.4, 0.5) is 0 Å². The molecule has 1 aliphatic heterocycles. The lowest BCUT2D eigenvalue weighted by Gasteiger charge is -2.44. The number of aromatic hydroxyl groups is 2. The molecule has 1 aliphatic rings. The van der Waals surface area contributed by atoms with E-state index >= 15 is 0 Å². The van der Waals surface area contributed by atoms with E-state index in [2.05, 4.69) is 48.5 Å². The maximum Gasteiger partial charge on any atom is 0.164 e. The molecular weight excluding hydrogens is 633 g/mol.